The Bertz CT molecular complexity index is 2250. The number of esters is 2. The van der Waals surface area contributed by atoms with Crippen LogP contribution in [-0.2, 0) is 48.3 Å². The Labute approximate surface area is 408 Å². The number of aromatic nitrogens is 3. The molecule has 16 nitrogen and oxygen atoms in total. The van der Waals surface area contributed by atoms with Crippen LogP contribution in [0.25, 0.3) is 11.3 Å². The fourth-order valence-electron chi connectivity index (χ4n) is 11.0. The van der Waals surface area contributed by atoms with Gasteiger partial charge in [0.15, 0.2) is 23.8 Å². The Morgan fingerprint density at radius 3 is 2.30 bits per heavy atom. The number of likely N-dealkylation sites (N-methyl/N-ethyl adjacent to an activating group) is 1. The van der Waals surface area contributed by atoms with Crippen LogP contribution < -0.4 is 0 Å². The molecule has 1 aromatic carbocycles. The number of methoxy groups -OCH3 is 1. The number of nitrogens with zero attached hydrogens (tertiary/aromatic N) is 5. The van der Waals surface area contributed by atoms with Crippen molar-refractivity contribution in [2.45, 2.75) is 167 Å². The highest BCUT2D eigenvalue weighted by Crippen LogP contribution is 2.45. The number of carbonyl (C=O) groups is 5. The van der Waals surface area contributed by atoms with E-state index in [1.54, 1.807) is 61.7 Å². The van der Waals surface area contributed by atoms with Crippen LogP contribution in [0.4, 0.5) is 4.79 Å². The summed E-state index contributed by atoms with van der Waals surface area (Å²) in [5.41, 5.74) is -1.12. The summed E-state index contributed by atoms with van der Waals surface area (Å²) in [4.78, 5) is 84.8. The molecule has 0 saturated carbocycles. The molecular formula is C53H75N5O11. The molecular weight excluding hydrogens is 883 g/mol. The van der Waals surface area contributed by atoms with Gasteiger partial charge in [0.1, 0.15) is 17.8 Å². The second-order valence-corrected chi connectivity index (χ2v) is 20.6. The minimum atomic E-state index is -1.41. The van der Waals surface area contributed by atoms with Gasteiger partial charge in [-0.2, -0.15) is 0 Å². The highest BCUT2D eigenvalue weighted by Gasteiger charge is 2.62. The standard InChI is InChI=1S/C53H75N5O11/c1-14-41-53(15-2)45(58(50(63)69-53)26-20-24-51(8,9)57-30-39(55-31-57)38-23-19-25-54-29-38)34(5)42(59)32(3)28-52(10,64-13)46(35(6)43(60)36(7)47(61)66-41)68-49-44(40(56(11)12)27-33(4)65-49)67-48(62)37-21-17-16-18-22-37/h16-19,21-23,25,29-36,40-41,44-46,49H,14-15,20,24,26-28H2,1-13H3/t32-,33-,34+,35+,36-,40+,41-,44-,45-,46-,49?,52+,53-/m1/s1. The van der Waals surface area contributed by atoms with Crippen molar-refractivity contribution in [1.29, 1.82) is 0 Å². The lowest BCUT2D eigenvalue weighted by atomic mass is 9.72. The van der Waals surface area contributed by atoms with Crippen LogP contribution in [0, 0.1) is 23.7 Å². The zero-order valence-corrected chi connectivity index (χ0v) is 42.9. The first kappa shape index (κ1) is 53.3. The lowest BCUT2D eigenvalue weighted by molar-refractivity contribution is -0.294. The third-order valence-electron chi connectivity index (χ3n) is 15.2. The van der Waals surface area contributed by atoms with Crippen LogP contribution in [0.1, 0.15) is 118 Å². The monoisotopic (exact) mass is 958 g/mol. The molecule has 3 fully saturated rings. The smallest absolute Gasteiger partial charge is 0.410 e. The number of ether oxygens (including phenoxy) is 6. The van der Waals surface area contributed by atoms with Crippen LogP contribution in [0.2, 0.25) is 0 Å². The minimum absolute atomic E-state index is 0.0830. The van der Waals surface area contributed by atoms with Gasteiger partial charge in [-0.25, -0.2) is 14.6 Å². The third kappa shape index (κ3) is 11.1. The van der Waals surface area contributed by atoms with E-state index < -0.39 is 94.9 Å². The van der Waals surface area contributed by atoms with E-state index in [-0.39, 0.29) is 43.7 Å². The first-order valence-electron chi connectivity index (χ1n) is 24.6. The number of benzene rings is 1. The molecule has 3 aliphatic rings. The van der Waals surface area contributed by atoms with Crippen molar-refractivity contribution >= 4 is 29.6 Å². The average molecular weight is 958 g/mol. The quantitative estimate of drug-likeness (QED) is 0.0865. The Hall–Kier alpha value is -5.03. The van der Waals surface area contributed by atoms with Crippen molar-refractivity contribution in [1.82, 2.24) is 24.3 Å². The summed E-state index contributed by atoms with van der Waals surface area (Å²) in [6.45, 7) is 18.7. The molecule has 1 amide bonds. The van der Waals surface area contributed by atoms with E-state index in [9.17, 15) is 19.2 Å². The van der Waals surface area contributed by atoms with Crippen molar-refractivity contribution in [3.05, 3.63) is 72.9 Å². The van der Waals surface area contributed by atoms with Gasteiger partial charge in [-0.3, -0.25) is 19.4 Å². The molecule has 3 aliphatic heterocycles. The highest BCUT2D eigenvalue weighted by atomic mass is 16.7. The molecule has 13 atom stereocenters. The number of amides is 1. The van der Waals surface area contributed by atoms with Gasteiger partial charge in [-0.15, -0.1) is 0 Å². The van der Waals surface area contributed by atoms with Crippen molar-refractivity contribution in [3.8, 4) is 11.3 Å². The molecule has 3 aromatic rings. The van der Waals surface area contributed by atoms with Crippen LogP contribution in [0.3, 0.4) is 0 Å². The molecule has 3 saturated heterocycles. The molecule has 378 valence electrons. The van der Waals surface area contributed by atoms with E-state index in [2.05, 4.69) is 28.4 Å². The predicted molar refractivity (Wildman–Crippen MR) is 258 cm³/mol. The second kappa shape index (κ2) is 21.9. The Morgan fingerprint density at radius 1 is 0.971 bits per heavy atom. The SMILES string of the molecule is CC[C@H]1OC(=O)[C@H](C)C(=O)[C@H](C)[C@@H](OC2O[C@H](C)C[C@H](N(C)C)[C@H]2OC(=O)c2ccccc2)[C@@](C)(OC)C[C@@H](C)C(=O)[C@H](C)[C@H]2N(CCCC(C)(C)n3cnc(-c4cccnc4)c3)C(=O)O[C@]12CC. The number of rotatable bonds is 14. The maximum absolute atomic E-state index is 15.2. The summed E-state index contributed by atoms with van der Waals surface area (Å²) >= 11 is 0. The van der Waals surface area contributed by atoms with Gasteiger partial charge in [0.05, 0.1) is 47.5 Å². The normalized spacial score (nSPS) is 32.8. The molecule has 0 N–H and O–H groups in total. The number of hydrogen-bond acceptors (Lipinski definition) is 14. The van der Waals surface area contributed by atoms with Gasteiger partial charge in [0.25, 0.3) is 0 Å². The van der Waals surface area contributed by atoms with Crippen LogP contribution in [0.15, 0.2) is 67.4 Å². The summed E-state index contributed by atoms with van der Waals surface area (Å²) in [7, 11) is 5.28. The summed E-state index contributed by atoms with van der Waals surface area (Å²) in [6.07, 6.45) is 4.38. The van der Waals surface area contributed by atoms with Crippen LogP contribution in [0.5, 0.6) is 0 Å². The molecule has 5 heterocycles. The zero-order chi connectivity index (χ0) is 50.6. The summed E-state index contributed by atoms with van der Waals surface area (Å²) < 4.78 is 40.8. The molecule has 69 heavy (non-hydrogen) atoms. The van der Waals surface area contributed by atoms with Crippen LogP contribution >= 0.6 is 0 Å². The third-order valence-corrected chi connectivity index (χ3v) is 15.2. The van der Waals surface area contributed by atoms with E-state index in [1.807, 2.05) is 78.0 Å². The van der Waals surface area contributed by atoms with Gasteiger partial charge in [0.2, 0.25) is 0 Å². The topological polar surface area (TPSA) is 178 Å². The number of pyridine rings is 1. The second-order valence-electron chi connectivity index (χ2n) is 20.6. The number of imidazole rings is 1. The number of carbonyl (C=O) groups excluding carboxylic acids is 5. The minimum Gasteiger partial charge on any atom is -0.457 e. The van der Waals surface area contributed by atoms with Gasteiger partial charge < -0.3 is 42.8 Å². The maximum Gasteiger partial charge on any atom is 0.410 e. The lowest BCUT2D eigenvalue weighted by Crippen LogP contribution is -2.61. The Morgan fingerprint density at radius 2 is 1.68 bits per heavy atom. The summed E-state index contributed by atoms with van der Waals surface area (Å²) in [6, 6.07) is 11.3. The number of ketones is 2. The van der Waals surface area contributed by atoms with E-state index in [1.165, 1.54) is 14.0 Å². The number of cyclic esters (lactones) is 1. The lowest BCUT2D eigenvalue weighted by Gasteiger charge is -2.48. The number of fused-ring (bicyclic) bond motifs is 1. The van der Waals surface area contributed by atoms with Crippen molar-refractivity contribution < 1.29 is 52.4 Å². The fourth-order valence-corrected chi connectivity index (χ4v) is 11.0. The zero-order valence-electron chi connectivity index (χ0n) is 42.9. The first-order valence-corrected chi connectivity index (χ1v) is 24.6. The van der Waals surface area contributed by atoms with Crippen molar-refractivity contribution in [2.24, 2.45) is 23.7 Å². The van der Waals surface area contributed by atoms with Gasteiger partial charge in [-0.05, 0) is 112 Å². The Kier molecular flexibility index (Phi) is 17.0. The highest BCUT2D eigenvalue weighted by molar-refractivity contribution is 6.00. The predicted octanol–water partition coefficient (Wildman–Crippen LogP) is 7.92. The average Bonchev–Trinajstić information content (AvgIpc) is 3.96. The molecule has 6 rings (SSSR count). The van der Waals surface area contributed by atoms with E-state index in [0.717, 1.165) is 11.3 Å². The van der Waals surface area contributed by atoms with E-state index >= 15 is 4.79 Å². The molecule has 0 bridgehead atoms. The number of Topliss-reactive ketones (excluding diaryl/α,β-unsaturated/α-hetero) is 2. The van der Waals surface area contributed by atoms with E-state index in [4.69, 9.17) is 28.4 Å². The first-order chi connectivity index (χ1) is 32.6. The summed E-state index contributed by atoms with van der Waals surface area (Å²) in [5.74, 6) is -5.81. The maximum atomic E-state index is 15.2. The molecule has 0 radical (unpaired) electrons. The van der Waals surface area contributed by atoms with Gasteiger partial charge in [-0.1, -0.05) is 52.8 Å². The molecule has 1 unspecified atom stereocenters. The van der Waals surface area contributed by atoms with Gasteiger partial charge >= 0.3 is 18.0 Å². The largest absolute Gasteiger partial charge is 0.457 e. The molecule has 0 spiro atoms. The van der Waals surface area contributed by atoms with Crippen LogP contribution in [-0.4, -0.2) is 136 Å². The summed E-state index contributed by atoms with van der Waals surface area (Å²) in [5, 5.41) is 0. The van der Waals surface area contributed by atoms with E-state index in [0.29, 0.717) is 24.8 Å². The molecule has 2 aromatic heterocycles. The van der Waals surface area contributed by atoms with Gasteiger partial charge in [0, 0.05) is 61.1 Å². The number of hydrogen-bond donors (Lipinski definition) is 0. The molecule has 0 aliphatic carbocycles. The molecule has 16 heteroatoms. The Balaban J connectivity index is 1.33. The fraction of sp³-hybridized carbons (Fsp3) is 0.642. The van der Waals surface area contributed by atoms with Crippen molar-refractivity contribution in [2.75, 3.05) is 27.7 Å². The van der Waals surface area contributed by atoms with Crippen molar-refractivity contribution in [3.63, 3.8) is 0 Å².